The Morgan fingerprint density at radius 1 is 1.10 bits per heavy atom. The van der Waals surface area contributed by atoms with Crippen molar-refractivity contribution in [1.82, 2.24) is 10.6 Å². The van der Waals surface area contributed by atoms with Crippen LogP contribution in [0.2, 0.25) is 0 Å². The van der Waals surface area contributed by atoms with Gasteiger partial charge in [-0.05, 0) is 35.7 Å². The molecule has 4 nitrogen and oxygen atoms in total. The molecule has 0 aromatic heterocycles. The van der Waals surface area contributed by atoms with E-state index in [9.17, 15) is 9.59 Å². The number of fused-ring (bicyclic) bond motifs is 1. The van der Waals surface area contributed by atoms with Gasteiger partial charge in [0.15, 0.2) is 0 Å². The van der Waals surface area contributed by atoms with Gasteiger partial charge in [0.2, 0.25) is 5.91 Å². The smallest absolute Gasteiger partial charge is 0.321 e. The molecule has 0 heterocycles. The summed E-state index contributed by atoms with van der Waals surface area (Å²) in [5, 5.41) is 7.40. The van der Waals surface area contributed by atoms with Crippen LogP contribution < -0.4 is 10.6 Å². The normalized spacial score (nSPS) is 13.9. The van der Waals surface area contributed by atoms with Crippen molar-refractivity contribution in [2.24, 2.45) is 0 Å². The first-order valence-corrected chi connectivity index (χ1v) is 7.91. The van der Waals surface area contributed by atoms with Crippen molar-refractivity contribution in [1.29, 1.82) is 0 Å². The summed E-state index contributed by atoms with van der Waals surface area (Å²) in [6, 6.07) is 14.0. The maximum absolute atomic E-state index is 11.7. The molecule has 0 bridgehead atoms. The minimum Gasteiger partial charge on any atom is -0.335 e. The Labute approximate surface area is 127 Å². The zero-order chi connectivity index (χ0) is 14.7. The fourth-order valence-electron chi connectivity index (χ4n) is 2.02. The van der Waals surface area contributed by atoms with Crippen molar-refractivity contribution in [2.75, 3.05) is 5.75 Å². The molecule has 0 atom stereocenters. The van der Waals surface area contributed by atoms with Crippen LogP contribution in [0.4, 0.5) is 4.79 Å². The second-order valence-electron chi connectivity index (χ2n) is 5.09. The summed E-state index contributed by atoms with van der Waals surface area (Å²) in [6.07, 6.45) is 2.01. The molecule has 5 heteroatoms. The molecule has 1 aliphatic carbocycles. The van der Waals surface area contributed by atoms with Crippen molar-refractivity contribution >= 4 is 34.5 Å². The first-order chi connectivity index (χ1) is 10.2. The number of thioether (sulfide) groups is 1. The van der Waals surface area contributed by atoms with Gasteiger partial charge in [-0.3, -0.25) is 10.1 Å². The summed E-state index contributed by atoms with van der Waals surface area (Å²) in [7, 11) is 0. The number of hydrogen-bond donors (Lipinski definition) is 2. The van der Waals surface area contributed by atoms with Gasteiger partial charge in [-0.25, -0.2) is 4.79 Å². The van der Waals surface area contributed by atoms with Crippen LogP contribution >= 0.6 is 11.8 Å². The van der Waals surface area contributed by atoms with Crippen LogP contribution in [-0.2, 0) is 4.79 Å². The molecule has 21 heavy (non-hydrogen) atoms. The first-order valence-electron chi connectivity index (χ1n) is 6.93. The topological polar surface area (TPSA) is 58.2 Å². The Kier molecular flexibility index (Phi) is 4.10. The Balaban J connectivity index is 1.52. The van der Waals surface area contributed by atoms with Crippen LogP contribution in [0.3, 0.4) is 0 Å². The maximum atomic E-state index is 11.7. The molecule has 2 N–H and O–H groups in total. The minimum absolute atomic E-state index is 0.233. The highest BCUT2D eigenvalue weighted by atomic mass is 32.2. The number of nitrogens with one attached hydrogen (secondary N) is 2. The highest BCUT2D eigenvalue weighted by molar-refractivity contribution is 8.00. The highest BCUT2D eigenvalue weighted by Gasteiger charge is 2.23. The highest BCUT2D eigenvalue weighted by Crippen LogP contribution is 2.23. The van der Waals surface area contributed by atoms with Crippen molar-refractivity contribution in [2.45, 2.75) is 23.8 Å². The van der Waals surface area contributed by atoms with E-state index in [1.165, 1.54) is 17.1 Å². The number of amides is 3. The van der Waals surface area contributed by atoms with E-state index in [1.807, 2.05) is 30.3 Å². The molecule has 2 aromatic rings. The Morgan fingerprint density at radius 2 is 1.86 bits per heavy atom. The van der Waals surface area contributed by atoms with Crippen molar-refractivity contribution in [3.8, 4) is 0 Å². The number of benzene rings is 2. The summed E-state index contributed by atoms with van der Waals surface area (Å²) < 4.78 is 0. The Bertz CT molecular complexity index is 683. The summed E-state index contributed by atoms with van der Waals surface area (Å²) in [5.41, 5.74) is 0. The Hall–Kier alpha value is -2.01. The third-order valence-corrected chi connectivity index (χ3v) is 4.25. The van der Waals surface area contributed by atoms with Gasteiger partial charge in [-0.15, -0.1) is 11.8 Å². The van der Waals surface area contributed by atoms with Crippen molar-refractivity contribution in [3.05, 3.63) is 42.5 Å². The minimum atomic E-state index is -0.387. The van der Waals surface area contributed by atoms with E-state index in [0.29, 0.717) is 0 Å². The molecular formula is C16H16N2O2S. The summed E-state index contributed by atoms with van der Waals surface area (Å²) in [5.74, 6) is -0.0394. The molecule has 0 unspecified atom stereocenters. The van der Waals surface area contributed by atoms with Gasteiger partial charge in [0.25, 0.3) is 0 Å². The number of carbonyl (C=O) groups excluding carboxylic acids is 2. The molecule has 3 amide bonds. The van der Waals surface area contributed by atoms with E-state index < -0.39 is 0 Å². The Morgan fingerprint density at radius 3 is 2.62 bits per heavy atom. The summed E-state index contributed by atoms with van der Waals surface area (Å²) >= 11 is 1.43. The lowest BCUT2D eigenvalue weighted by Gasteiger charge is -2.06. The van der Waals surface area contributed by atoms with Crippen LogP contribution in [0.5, 0.6) is 0 Å². The fraction of sp³-hybridized carbons (Fsp3) is 0.250. The number of hydrogen-bond acceptors (Lipinski definition) is 3. The third-order valence-electron chi connectivity index (χ3n) is 3.26. The van der Waals surface area contributed by atoms with Gasteiger partial charge in [0.1, 0.15) is 0 Å². The van der Waals surface area contributed by atoms with E-state index in [4.69, 9.17) is 0 Å². The predicted molar refractivity (Wildman–Crippen MR) is 84.4 cm³/mol. The lowest BCUT2D eigenvalue weighted by Crippen LogP contribution is -2.41. The molecule has 0 aliphatic heterocycles. The second kappa shape index (κ2) is 6.18. The van der Waals surface area contributed by atoms with E-state index >= 15 is 0 Å². The molecular weight excluding hydrogens is 284 g/mol. The van der Waals surface area contributed by atoms with Gasteiger partial charge < -0.3 is 5.32 Å². The number of urea groups is 1. The molecule has 2 aromatic carbocycles. The predicted octanol–water partition coefficient (Wildman–Crippen LogP) is 2.92. The van der Waals surface area contributed by atoms with Crippen molar-refractivity contribution < 1.29 is 9.59 Å². The molecule has 3 rings (SSSR count). The molecule has 108 valence electrons. The molecule has 0 spiro atoms. The summed E-state index contributed by atoms with van der Waals surface area (Å²) in [4.78, 5) is 24.2. The SMILES string of the molecule is O=C(CSc1ccc2ccccc2c1)NC(=O)NC1CC1. The van der Waals surface area contributed by atoms with Gasteiger partial charge in [0.05, 0.1) is 5.75 Å². The molecule has 0 radical (unpaired) electrons. The van der Waals surface area contributed by atoms with Gasteiger partial charge in [-0.1, -0.05) is 30.3 Å². The summed E-state index contributed by atoms with van der Waals surface area (Å²) in [6.45, 7) is 0. The van der Waals surface area contributed by atoms with Gasteiger partial charge >= 0.3 is 6.03 Å². The average molecular weight is 300 g/mol. The lowest BCUT2D eigenvalue weighted by molar-refractivity contribution is -0.117. The van der Waals surface area contributed by atoms with Crippen LogP contribution in [0.15, 0.2) is 47.4 Å². The number of imide groups is 1. The molecule has 0 saturated heterocycles. The van der Waals surface area contributed by atoms with Gasteiger partial charge in [-0.2, -0.15) is 0 Å². The van der Waals surface area contributed by atoms with Crippen LogP contribution in [-0.4, -0.2) is 23.7 Å². The number of carbonyl (C=O) groups is 2. The van der Waals surface area contributed by atoms with Gasteiger partial charge in [0, 0.05) is 10.9 Å². The lowest BCUT2D eigenvalue weighted by atomic mass is 10.1. The zero-order valence-corrected chi connectivity index (χ0v) is 12.3. The molecule has 1 saturated carbocycles. The third kappa shape index (κ3) is 3.98. The van der Waals surface area contributed by atoms with E-state index in [-0.39, 0.29) is 23.7 Å². The van der Waals surface area contributed by atoms with E-state index in [2.05, 4.69) is 22.8 Å². The van der Waals surface area contributed by atoms with E-state index in [0.717, 1.165) is 23.1 Å². The quantitative estimate of drug-likeness (QED) is 0.854. The second-order valence-corrected chi connectivity index (χ2v) is 6.14. The number of rotatable bonds is 4. The standard InChI is InChI=1S/C16H16N2O2S/c19-15(18-16(20)17-13-6-7-13)10-21-14-8-5-11-3-1-2-4-12(11)9-14/h1-5,8-9,13H,6-7,10H2,(H2,17,18,19,20). The average Bonchev–Trinajstić information content (AvgIpc) is 3.28. The fourth-order valence-corrected chi connectivity index (χ4v) is 2.76. The van der Waals surface area contributed by atoms with E-state index in [1.54, 1.807) is 0 Å². The first kappa shape index (κ1) is 13.9. The molecule has 1 fully saturated rings. The monoisotopic (exact) mass is 300 g/mol. The van der Waals surface area contributed by atoms with Crippen LogP contribution in [0.25, 0.3) is 10.8 Å². The molecule has 1 aliphatic rings. The van der Waals surface area contributed by atoms with Crippen molar-refractivity contribution in [3.63, 3.8) is 0 Å². The van der Waals surface area contributed by atoms with Crippen LogP contribution in [0.1, 0.15) is 12.8 Å². The maximum Gasteiger partial charge on any atom is 0.321 e. The van der Waals surface area contributed by atoms with Crippen LogP contribution in [0, 0.1) is 0 Å². The largest absolute Gasteiger partial charge is 0.335 e. The zero-order valence-electron chi connectivity index (χ0n) is 11.5.